The van der Waals surface area contributed by atoms with E-state index in [1.165, 1.54) is 13.3 Å². The third-order valence-electron chi connectivity index (χ3n) is 5.86. The number of nitrogens with one attached hydrogen (secondary N) is 4. The molecule has 7 heteroatoms. The van der Waals surface area contributed by atoms with Crippen LogP contribution in [0.15, 0.2) is 24.3 Å². The van der Waals surface area contributed by atoms with Crippen LogP contribution in [0.25, 0.3) is 0 Å². The Hall–Kier alpha value is -2.41. The van der Waals surface area contributed by atoms with Gasteiger partial charge in [-0.15, -0.1) is 0 Å². The Morgan fingerprint density at radius 3 is 2.14 bits per heavy atom. The Morgan fingerprint density at radius 1 is 0.966 bits per heavy atom. The standard InChI is InChI=1S/C22H34N4O3/c1-5-26(14-22(29)25-20-8-6-7-15(2)16(20)3)13-21(28)24-19-11-9-18(10-12-19)23-17(4)27/h9-12,15-16,20H,5-8,13-14H2,1-4H3,(H,23,27)(H,24,28)(H,25,29)/p+1/t15-,16-,20-/m0/s1. The van der Waals surface area contributed by atoms with Crippen LogP contribution in [-0.2, 0) is 14.4 Å². The molecule has 29 heavy (non-hydrogen) atoms. The van der Waals surface area contributed by atoms with E-state index in [2.05, 4.69) is 29.8 Å². The molecule has 1 aliphatic rings. The van der Waals surface area contributed by atoms with Crippen molar-refractivity contribution in [2.75, 3.05) is 30.3 Å². The second kappa shape index (κ2) is 11.0. The smallest absolute Gasteiger partial charge is 0.279 e. The average Bonchev–Trinajstić information content (AvgIpc) is 2.66. The molecule has 2 rings (SSSR count). The van der Waals surface area contributed by atoms with Gasteiger partial charge in [0.2, 0.25) is 5.91 Å². The molecular weight excluding hydrogens is 368 g/mol. The molecule has 1 aliphatic carbocycles. The molecule has 0 bridgehead atoms. The fourth-order valence-corrected chi connectivity index (χ4v) is 3.86. The van der Waals surface area contributed by atoms with E-state index in [1.54, 1.807) is 24.3 Å². The van der Waals surface area contributed by atoms with Gasteiger partial charge in [0.1, 0.15) is 0 Å². The molecule has 1 aromatic rings. The number of hydrogen-bond donors (Lipinski definition) is 4. The highest BCUT2D eigenvalue weighted by Gasteiger charge is 2.29. The van der Waals surface area contributed by atoms with Crippen molar-refractivity contribution >= 4 is 29.1 Å². The van der Waals surface area contributed by atoms with Gasteiger partial charge in [-0.05, 0) is 49.4 Å². The summed E-state index contributed by atoms with van der Waals surface area (Å²) in [6.45, 7) is 9.10. The van der Waals surface area contributed by atoms with Crippen molar-refractivity contribution in [2.24, 2.45) is 11.8 Å². The van der Waals surface area contributed by atoms with Gasteiger partial charge in [0.15, 0.2) is 13.1 Å². The largest absolute Gasteiger partial charge is 0.348 e. The van der Waals surface area contributed by atoms with Gasteiger partial charge < -0.3 is 20.9 Å². The highest BCUT2D eigenvalue weighted by atomic mass is 16.2. The molecular formula is C22H35N4O3+. The molecule has 4 N–H and O–H groups in total. The van der Waals surface area contributed by atoms with Crippen molar-refractivity contribution in [3.63, 3.8) is 0 Å². The maximum atomic E-state index is 12.5. The monoisotopic (exact) mass is 403 g/mol. The van der Waals surface area contributed by atoms with Crippen molar-refractivity contribution in [2.45, 2.75) is 53.0 Å². The summed E-state index contributed by atoms with van der Waals surface area (Å²) in [5.41, 5.74) is 1.34. The number of rotatable bonds is 8. The summed E-state index contributed by atoms with van der Waals surface area (Å²) in [6, 6.07) is 7.20. The zero-order valence-corrected chi connectivity index (χ0v) is 18.0. The van der Waals surface area contributed by atoms with E-state index in [0.717, 1.165) is 17.7 Å². The van der Waals surface area contributed by atoms with Gasteiger partial charge in [0, 0.05) is 24.3 Å². The highest BCUT2D eigenvalue weighted by Crippen LogP contribution is 2.29. The number of likely N-dealkylation sites (N-methyl/N-ethyl adjacent to an activating group) is 1. The molecule has 3 amide bonds. The quantitative estimate of drug-likeness (QED) is 0.529. The molecule has 0 radical (unpaired) electrons. The molecule has 0 saturated heterocycles. The maximum Gasteiger partial charge on any atom is 0.279 e. The summed E-state index contributed by atoms with van der Waals surface area (Å²) in [5, 5.41) is 8.72. The van der Waals surface area contributed by atoms with E-state index in [1.807, 2.05) is 6.92 Å². The van der Waals surface area contributed by atoms with Crippen molar-refractivity contribution in [1.29, 1.82) is 0 Å². The second-order valence-corrected chi connectivity index (χ2v) is 8.21. The first kappa shape index (κ1) is 22.9. The molecule has 0 aliphatic heterocycles. The van der Waals surface area contributed by atoms with Crippen LogP contribution in [0.3, 0.4) is 0 Å². The molecule has 1 fully saturated rings. The zero-order chi connectivity index (χ0) is 21.4. The maximum absolute atomic E-state index is 12.5. The van der Waals surface area contributed by atoms with E-state index in [9.17, 15) is 14.4 Å². The number of carbonyl (C=O) groups excluding carboxylic acids is 3. The van der Waals surface area contributed by atoms with Crippen molar-refractivity contribution in [1.82, 2.24) is 5.32 Å². The van der Waals surface area contributed by atoms with Crippen LogP contribution in [0, 0.1) is 11.8 Å². The van der Waals surface area contributed by atoms with Crippen molar-refractivity contribution in [3.05, 3.63) is 24.3 Å². The number of amides is 3. The van der Waals surface area contributed by atoms with Crippen molar-refractivity contribution in [3.8, 4) is 0 Å². The summed E-state index contributed by atoms with van der Waals surface area (Å²) in [7, 11) is 0. The van der Waals surface area contributed by atoms with E-state index >= 15 is 0 Å². The first-order chi connectivity index (χ1) is 13.8. The summed E-state index contributed by atoms with van der Waals surface area (Å²) in [4.78, 5) is 36.9. The summed E-state index contributed by atoms with van der Waals surface area (Å²) in [6.07, 6.45) is 3.42. The number of hydrogen-bond acceptors (Lipinski definition) is 3. The second-order valence-electron chi connectivity index (χ2n) is 8.21. The topological polar surface area (TPSA) is 91.7 Å². The lowest BCUT2D eigenvalue weighted by Crippen LogP contribution is -3.14. The van der Waals surface area contributed by atoms with E-state index in [0.29, 0.717) is 36.3 Å². The molecule has 0 heterocycles. The minimum atomic E-state index is -0.140. The predicted molar refractivity (Wildman–Crippen MR) is 115 cm³/mol. The zero-order valence-electron chi connectivity index (χ0n) is 18.0. The van der Waals surface area contributed by atoms with Crippen LogP contribution < -0.4 is 20.9 Å². The fraction of sp³-hybridized carbons (Fsp3) is 0.591. The summed E-state index contributed by atoms with van der Waals surface area (Å²) in [5.74, 6) is 0.856. The van der Waals surface area contributed by atoms with E-state index < -0.39 is 0 Å². The Bertz CT molecular complexity index is 705. The Morgan fingerprint density at radius 2 is 1.55 bits per heavy atom. The van der Waals surface area contributed by atoms with Gasteiger partial charge >= 0.3 is 0 Å². The van der Waals surface area contributed by atoms with E-state index in [-0.39, 0.29) is 30.3 Å². The third kappa shape index (κ3) is 7.49. The minimum Gasteiger partial charge on any atom is -0.348 e. The first-order valence-corrected chi connectivity index (χ1v) is 10.6. The lowest BCUT2D eigenvalue weighted by Gasteiger charge is -2.34. The molecule has 0 aromatic heterocycles. The Labute approximate surface area is 173 Å². The van der Waals surface area contributed by atoms with Crippen LogP contribution >= 0.6 is 0 Å². The SMILES string of the molecule is CC[NH+](CC(=O)Nc1ccc(NC(C)=O)cc1)CC(=O)N[C@H]1CCC[C@H](C)[C@@H]1C. The molecule has 1 aromatic carbocycles. The van der Waals surface area contributed by atoms with Gasteiger partial charge in [-0.3, -0.25) is 14.4 Å². The van der Waals surface area contributed by atoms with Crippen LogP contribution in [0.4, 0.5) is 11.4 Å². The Balaban J connectivity index is 1.81. The fourth-order valence-electron chi connectivity index (χ4n) is 3.86. The predicted octanol–water partition coefficient (Wildman–Crippen LogP) is 1.43. The molecule has 0 spiro atoms. The summed E-state index contributed by atoms with van der Waals surface area (Å²) >= 11 is 0. The minimum absolute atomic E-state index is 0.0141. The normalized spacial score (nSPS) is 22.4. The molecule has 4 atom stereocenters. The van der Waals surface area contributed by atoms with Crippen LogP contribution in [0.2, 0.25) is 0 Å². The van der Waals surface area contributed by atoms with Crippen molar-refractivity contribution < 1.29 is 19.3 Å². The van der Waals surface area contributed by atoms with E-state index in [4.69, 9.17) is 0 Å². The van der Waals surface area contributed by atoms with Gasteiger partial charge in [-0.1, -0.05) is 26.7 Å². The lowest BCUT2D eigenvalue weighted by molar-refractivity contribution is -0.881. The Kier molecular flexibility index (Phi) is 8.64. The highest BCUT2D eigenvalue weighted by molar-refractivity contribution is 5.92. The third-order valence-corrected chi connectivity index (χ3v) is 5.86. The van der Waals surface area contributed by atoms with Crippen LogP contribution in [-0.4, -0.2) is 43.4 Å². The molecule has 1 saturated carbocycles. The van der Waals surface area contributed by atoms with Gasteiger partial charge in [0.25, 0.3) is 11.8 Å². The first-order valence-electron chi connectivity index (χ1n) is 10.6. The number of quaternary nitrogens is 1. The van der Waals surface area contributed by atoms with Crippen LogP contribution in [0.1, 0.15) is 47.0 Å². The van der Waals surface area contributed by atoms with Crippen LogP contribution in [0.5, 0.6) is 0 Å². The molecule has 7 nitrogen and oxygen atoms in total. The molecule has 160 valence electrons. The molecule has 1 unspecified atom stereocenters. The number of benzene rings is 1. The number of anilines is 2. The summed E-state index contributed by atoms with van der Waals surface area (Å²) < 4.78 is 0. The lowest BCUT2D eigenvalue weighted by atomic mass is 9.78. The van der Waals surface area contributed by atoms with Gasteiger partial charge in [-0.25, -0.2) is 0 Å². The average molecular weight is 404 g/mol. The van der Waals surface area contributed by atoms with Gasteiger partial charge in [0.05, 0.1) is 6.54 Å². The van der Waals surface area contributed by atoms with Gasteiger partial charge in [-0.2, -0.15) is 0 Å². The number of carbonyl (C=O) groups is 3.